The van der Waals surface area contributed by atoms with Crippen LogP contribution >= 0.6 is 23.4 Å². The lowest BCUT2D eigenvalue weighted by atomic mass is 10.1. The molecule has 1 unspecified atom stereocenters. The number of benzene rings is 1. The molecule has 0 radical (unpaired) electrons. The molecule has 0 saturated heterocycles. The van der Waals surface area contributed by atoms with E-state index in [-0.39, 0.29) is 11.0 Å². The van der Waals surface area contributed by atoms with Crippen molar-refractivity contribution in [1.29, 1.82) is 0 Å². The van der Waals surface area contributed by atoms with Gasteiger partial charge in [0.05, 0.1) is 5.25 Å². The van der Waals surface area contributed by atoms with Gasteiger partial charge < -0.3 is 4.57 Å². The molecule has 3 rings (SSSR count). The number of ketones is 1. The van der Waals surface area contributed by atoms with E-state index in [1.165, 1.54) is 11.8 Å². The van der Waals surface area contributed by atoms with Crippen molar-refractivity contribution in [3.63, 3.8) is 0 Å². The number of pyridine rings is 1. The number of carbonyl (C=O) groups excluding carboxylic acids is 1. The summed E-state index contributed by atoms with van der Waals surface area (Å²) >= 11 is 7.24. The van der Waals surface area contributed by atoms with Gasteiger partial charge in [0.2, 0.25) is 0 Å². The summed E-state index contributed by atoms with van der Waals surface area (Å²) in [6.45, 7) is 1.86. The molecule has 122 valence electrons. The van der Waals surface area contributed by atoms with Crippen LogP contribution in [-0.4, -0.2) is 30.8 Å². The Morgan fingerprint density at radius 3 is 2.62 bits per heavy atom. The van der Waals surface area contributed by atoms with E-state index >= 15 is 0 Å². The monoisotopic (exact) mass is 358 g/mol. The lowest BCUT2D eigenvalue weighted by Crippen LogP contribution is -2.14. The number of hydrogen-bond donors (Lipinski definition) is 0. The fourth-order valence-corrected chi connectivity index (χ4v) is 3.24. The molecule has 0 aliphatic carbocycles. The van der Waals surface area contributed by atoms with Crippen molar-refractivity contribution in [1.82, 2.24) is 19.7 Å². The average Bonchev–Trinajstić information content (AvgIpc) is 2.96. The smallest absolute Gasteiger partial charge is 0.191 e. The summed E-state index contributed by atoms with van der Waals surface area (Å²) in [5, 5.41) is 9.42. The van der Waals surface area contributed by atoms with E-state index in [9.17, 15) is 4.79 Å². The molecule has 3 aromatic rings. The Morgan fingerprint density at radius 1 is 1.21 bits per heavy atom. The summed E-state index contributed by atoms with van der Waals surface area (Å²) in [5.41, 5.74) is 1.52. The van der Waals surface area contributed by atoms with Gasteiger partial charge in [-0.05, 0) is 43.3 Å². The van der Waals surface area contributed by atoms with Gasteiger partial charge in [0.15, 0.2) is 16.8 Å². The standard InChI is InChI=1S/C17H15ClN4OS/c1-11(15(23)12-5-7-14(18)8-6-12)24-17-21-20-16(22(17)2)13-4-3-9-19-10-13/h3-11H,1-2H3. The number of rotatable bonds is 5. The predicted octanol–water partition coefficient (Wildman–Crippen LogP) is 3.89. The molecule has 0 spiro atoms. The van der Waals surface area contributed by atoms with Crippen LogP contribution in [0.4, 0.5) is 0 Å². The summed E-state index contributed by atoms with van der Waals surface area (Å²) in [4.78, 5) is 16.6. The summed E-state index contributed by atoms with van der Waals surface area (Å²) in [7, 11) is 1.88. The second kappa shape index (κ2) is 7.15. The molecule has 0 saturated carbocycles. The maximum atomic E-state index is 12.5. The van der Waals surface area contributed by atoms with Crippen LogP contribution in [-0.2, 0) is 7.05 Å². The fourth-order valence-electron chi connectivity index (χ4n) is 2.22. The first-order chi connectivity index (χ1) is 11.6. The van der Waals surface area contributed by atoms with Crippen LogP contribution < -0.4 is 0 Å². The van der Waals surface area contributed by atoms with E-state index in [2.05, 4.69) is 15.2 Å². The highest BCUT2D eigenvalue weighted by molar-refractivity contribution is 8.00. The van der Waals surface area contributed by atoms with Gasteiger partial charge in [0.1, 0.15) is 0 Å². The molecule has 0 N–H and O–H groups in total. The van der Waals surface area contributed by atoms with Crippen molar-refractivity contribution in [2.45, 2.75) is 17.3 Å². The Kier molecular flexibility index (Phi) is 4.97. The second-order valence-corrected chi connectivity index (χ2v) is 6.98. The van der Waals surface area contributed by atoms with E-state index in [0.29, 0.717) is 15.7 Å². The zero-order chi connectivity index (χ0) is 17.1. The SMILES string of the molecule is CC(Sc1nnc(-c2cccnc2)n1C)C(=O)c1ccc(Cl)cc1. The molecule has 2 heterocycles. The maximum Gasteiger partial charge on any atom is 0.191 e. The van der Waals surface area contributed by atoms with E-state index < -0.39 is 0 Å². The Morgan fingerprint density at radius 2 is 1.96 bits per heavy atom. The Hall–Kier alpha value is -2.18. The molecular weight excluding hydrogens is 344 g/mol. The van der Waals surface area contributed by atoms with Crippen LogP contribution in [0.2, 0.25) is 5.02 Å². The van der Waals surface area contributed by atoms with Crippen LogP contribution in [0.15, 0.2) is 53.9 Å². The Balaban J connectivity index is 1.78. The van der Waals surface area contributed by atoms with Gasteiger partial charge in [-0.2, -0.15) is 0 Å². The van der Waals surface area contributed by atoms with E-state index in [1.54, 1.807) is 36.7 Å². The summed E-state index contributed by atoms with van der Waals surface area (Å²) in [6, 6.07) is 10.7. The quantitative estimate of drug-likeness (QED) is 0.511. The first-order valence-electron chi connectivity index (χ1n) is 7.32. The van der Waals surface area contributed by atoms with Crippen molar-refractivity contribution in [3.05, 3.63) is 59.4 Å². The van der Waals surface area contributed by atoms with Crippen molar-refractivity contribution in [2.75, 3.05) is 0 Å². The normalized spacial score (nSPS) is 12.1. The predicted molar refractivity (Wildman–Crippen MR) is 95.3 cm³/mol. The number of hydrogen-bond acceptors (Lipinski definition) is 5. The summed E-state index contributed by atoms with van der Waals surface area (Å²) in [6.07, 6.45) is 3.45. The highest BCUT2D eigenvalue weighted by atomic mass is 35.5. The van der Waals surface area contributed by atoms with Crippen molar-refractivity contribution >= 4 is 29.1 Å². The van der Waals surface area contributed by atoms with Crippen LogP contribution in [0.5, 0.6) is 0 Å². The molecule has 0 aliphatic rings. The van der Waals surface area contributed by atoms with Crippen LogP contribution in [0.1, 0.15) is 17.3 Å². The first-order valence-corrected chi connectivity index (χ1v) is 8.58. The average molecular weight is 359 g/mol. The van der Waals surface area contributed by atoms with Crippen molar-refractivity contribution in [3.8, 4) is 11.4 Å². The number of thioether (sulfide) groups is 1. The lowest BCUT2D eigenvalue weighted by Gasteiger charge is -2.10. The maximum absolute atomic E-state index is 12.5. The minimum absolute atomic E-state index is 0.0302. The van der Waals surface area contributed by atoms with Gasteiger partial charge in [-0.25, -0.2) is 0 Å². The van der Waals surface area contributed by atoms with E-state index in [1.807, 2.05) is 30.7 Å². The van der Waals surface area contributed by atoms with Crippen LogP contribution in [0.25, 0.3) is 11.4 Å². The molecule has 24 heavy (non-hydrogen) atoms. The van der Waals surface area contributed by atoms with Crippen molar-refractivity contribution < 1.29 is 4.79 Å². The molecule has 5 nitrogen and oxygen atoms in total. The third-order valence-corrected chi connectivity index (χ3v) is 4.92. The van der Waals surface area contributed by atoms with Gasteiger partial charge in [-0.1, -0.05) is 23.4 Å². The molecular formula is C17H15ClN4OS. The van der Waals surface area contributed by atoms with E-state index in [0.717, 1.165) is 11.4 Å². The number of carbonyl (C=O) groups is 1. The summed E-state index contributed by atoms with van der Waals surface area (Å²) < 4.78 is 1.87. The fraction of sp³-hybridized carbons (Fsp3) is 0.176. The van der Waals surface area contributed by atoms with E-state index in [4.69, 9.17) is 11.6 Å². The number of aromatic nitrogens is 4. The minimum atomic E-state index is -0.282. The number of Topliss-reactive ketones (excluding diaryl/α,β-unsaturated/α-hetero) is 1. The highest BCUT2D eigenvalue weighted by Crippen LogP contribution is 2.27. The van der Waals surface area contributed by atoms with Gasteiger partial charge in [0.25, 0.3) is 0 Å². The topological polar surface area (TPSA) is 60.7 Å². The molecule has 0 bridgehead atoms. The summed E-state index contributed by atoms with van der Waals surface area (Å²) in [5.74, 6) is 0.749. The molecule has 2 aromatic heterocycles. The Labute approximate surface area is 149 Å². The zero-order valence-corrected chi connectivity index (χ0v) is 14.8. The largest absolute Gasteiger partial charge is 0.305 e. The Bertz CT molecular complexity index is 849. The molecule has 0 aliphatic heterocycles. The molecule has 7 heteroatoms. The number of nitrogens with zero attached hydrogens (tertiary/aromatic N) is 4. The third kappa shape index (κ3) is 3.49. The minimum Gasteiger partial charge on any atom is -0.305 e. The second-order valence-electron chi connectivity index (χ2n) is 5.24. The lowest BCUT2D eigenvalue weighted by molar-refractivity contribution is 0.0994. The molecule has 1 atom stereocenters. The first kappa shape index (κ1) is 16.7. The van der Waals surface area contributed by atoms with Gasteiger partial charge >= 0.3 is 0 Å². The molecule has 0 fully saturated rings. The van der Waals surface area contributed by atoms with Crippen molar-refractivity contribution in [2.24, 2.45) is 7.05 Å². The van der Waals surface area contributed by atoms with Gasteiger partial charge in [-0.3, -0.25) is 9.78 Å². The highest BCUT2D eigenvalue weighted by Gasteiger charge is 2.20. The number of halogens is 1. The zero-order valence-electron chi connectivity index (χ0n) is 13.2. The van der Waals surface area contributed by atoms with Crippen LogP contribution in [0, 0.1) is 0 Å². The third-order valence-electron chi connectivity index (χ3n) is 3.53. The molecule has 0 amide bonds. The molecule has 1 aromatic carbocycles. The van der Waals surface area contributed by atoms with Crippen LogP contribution in [0.3, 0.4) is 0 Å². The van der Waals surface area contributed by atoms with Gasteiger partial charge in [-0.15, -0.1) is 10.2 Å². The van der Waals surface area contributed by atoms with Gasteiger partial charge in [0, 0.05) is 35.6 Å².